The standard InChI is InChI=1S/C15H15ClFNS/c1-10(18)8-13-14(16)6-3-7-15(13)19-12-5-2-4-11(17)9-12/h2-7,9-10H,8,18H2,1H3. The van der Waals surface area contributed by atoms with Crippen LogP contribution < -0.4 is 5.73 Å². The van der Waals surface area contributed by atoms with Gasteiger partial charge in [-0.3, -0.25) is 0 Å². The van der Waals surface area contributed by atoms with Gasteiger partial charge in [0.1, 0.15) is 5.82 Å². The summed E-state index contributed by atoms with van der Waals surface area (Å²) in [7, 11) is 0. The van der Waals surface area contributed by atoms with Gasteiger partial charge >= 0.3 is 0 Å². The molecule has 0 aliphatic carbocycles. The van der Waals surface area contributed by atoms with E-state index in [1.807, 2.05) is 31.2 Å². The van der Waals surface area contributed by atoms with Crippen LogP contribution in [-0.4, -0.2) is 6.04 Å². The molecular weight excluding hydrogens is 281 g/mol. The second kappa shape index (κ2) is 6.42. The van der Waals surface area contributed by atoms with Crippen molar-refractivity contribution >= 4 is 23.4 Å². The summed E-state index contributed by atoms with van der Waals surface area (Å²) >= 11 is 7.73. The predicted octanol–water partition coefficient (Wildman–Crippen LogP) is 4.52. The van der Waals surface area contributed by atoms with E-state index in [-0.39, 0.29) is 11.9 Å². The zero-order valence-electron chi connectivity index (χ0n) is 10.6. The molecular formula is C15H15ClFNS. The Morgan fingerprint density at radius 1 is 1.26 bits per heavy atom. The molecule has 0 heterocycles. The maximum atomic E-state index is 13.2. The molecule has 0 aliphatic heterocycles. The van der Waals surface area contributed by atoms with E-state index in [1.165, 1.54) is 23.9 Å². The first-order valence-electron chi connectivity index (χ1n) is 6.02. The lowest BCUT2D eigenvalue weighted by Crippen LogP contribution is -2.18. The van der Waals surface area contributed by atoms with Gasteiger partial charge in [0.2, 0.25) is 0 Å². The van der Waals surface area contributed by atoms with Gasteiger partial charge in [-0.1, -0.05) is 35.5 Å². The van der Waals surface area contributed by atoms with E-state index in [1.54, 1.807) is 6.07 Å². The molecule has 4 heteroatoms. The van der Waals surface area contributed by atoms with Crippen molar-refractivity contribution < 1.29 is 4.39 Å². The van der Waals surface area contributed by atoms with E-state index in [4.69, 9.17) is 17.3 Å². The van der Waals surface area contributed by atoms with Gasteiger partial charge in [-0.25, -0.2) is 4.39 Å². The Kier molecular flexibility index (Phi) is 4.86. The highest BCUT2D eigenvalue weighted by atomic mass is 35.5. The van der Waals surface area contributed by atoms with E-state index < -0.39 is 0 Å². The summed E-state index contributed by atoms with van der Waals surface area (Å²) in [5.74, 6) is -0.235. The van der Waals surface area contributed by atoms with Crippen molar-refractivity contribution in [3.05, 3.63) is 58.9 Å². The van der Waals surface area contributed by atoms with Crippen LogP contribution in [0.3, 0.4) is 0 Å². The summed E-state index contributed by atoms with van der Waals surface area (Å²) in [6, 6.07) is 12.3. The quantitative estimate of drug-likeness (QED) is 0.897. The van der Waals surface area contributed by atoms with Crippen molar-refractivity contribution in [3.8, 4) is 0 Å². The van der Waals surface area contributed by atoms with Gasteiger partial charge < -0.3 is 5.73 Å². The molecule has 0 amide bonds. The highest BCUT2D eigenvalue weighted by Gasteiger charge is 2.10. The van der Waals surface area contributed by atoms with Crippen molar-refractivity contribution in [1.82, 2.24) is 0 Å². The Balaban J connectivity index is 2.31. The van der Waals surface area contributed by atoms with E-state index in [9.17, 15) is 4.39 Å². The highest BCUT2D eigenvalue weighted by molar-refractivity contribution is 7.99. The molecule has 0 fully saturated rings. The fourth-order valence-electron chi connectivity index (χ4n) is 1.81. The summed E-state index contributed by atoms with van der Waals surface area (Å²) in [5, 5.41) is 0.707. The first-order valence-corrected chi connectivity index (χ1v) is 7.22. The SMILES string of the molecule is CC(N)Cc1c(Cl)cccc1Sc1cccc(F)c1. The van der Waals surface area contributed by atoms with Gasteiger partial charge in [-0.05, 0) is 49.2 Å². The minimum atomic E-state index is -0.235. The van der Waals surface area contributed by atoms with Crippen molar-refractivity contribution in [2.45, 2.75) is 29.2 Å². The molecule has 2 aromatic carbocycles. The molecule has 0 saturated carbocycles. The third-order valence-electron chi connectivity index (χ3n) is 2.63. The monoisotopic (exact) mass is 295 g/mol. The van der Waals surface area contributed by atoms with Crippen LogP contribution in [0.25, 0.3) is 0 Å². The molecule has 0 aromatic heterocycles. The number of benzene rings is 2. The molecule has 100 valence electrons. The van der Waals surface area contributed by atoms with Crippen LogP contribution in [0.15, 0.2) is 52.3 Å². The zero-order chi connectivity index (χ0) is 13.8. The van der Waals surface area contributed by atoms with Crippen LogP contribution in [0.4, 0.5) is 4.39 Å². The second-order valence-corrected chi connectivity index (χ2v) is 5.98. The van der Waals surface area contributed by atoms with Gasteiger partial charge in [-0.2, -0.15) is 0 Å². The Morgan fingerprint density at radius 3 is 2.68 bits per heavy atom. The van der Waals surface area contributed by atoms with E-state index in [0.29, 0.717) is 11.4 Å². The van der Waals surface area contributed by atoms with Crippen molar-refractivity contribution in [2.24, 2.45) is 5.73 Å². The molecule has 0 saturated heterocycles. The predicted molar refractivity (Wildman–Crippen MR) is 79.3 cm³/mol. The maximum absolute atomic E-state index is 13.2. The summed E-state index contributed by atoms with van der Waals surface area (Å²) < 4.78 is 13.2. The van der Waals surface area contributed by atoms with Gasteiger partial charge in [-0.15, -0.1) is 0 Å². The fraction of sp³-hybridized carbons (Fsp3) is 0.200. The normalized spacial score (nSPS) is 12.4. The van der Waals surface area contributed by atoms with Gasteiger partial charge in [0.15, 0.2) is 0 Å². The van der Waals surface area contributed by atoms with E-state index >= 15 is 0 Å². The Morgan fingerprint density at radius 2 is 2.00 bits per heavy atom. The Bertz CT molecular complexity index is 572. The van der Waals surface area contributed by atoms with Crippen molar-refractivity contribution in [1.29, 1.82) is 0 Å². The lowest BCUT2D eigenvalue weighted by Gasteiger charge is -2.13. The van der Waals surface area contributed by atoms with Crippen LogP contribution in [0, 0.1) is 5.82 Å². The maximum Gasteiger partial charge on any atom is 0.124 e. The van der Waals surface area contributed by atoms with Crippen molar-refractivity contribution in [2.75, 3.05) is 0 Å². The molecule has 19 heavy (non-hydrogen) atoms. The third-order valence-corrected chi connectivity index (χ3v) is 4.07. The van der Waals surface area contributed by atoms with Crippen LogP contribution in [-0.2, 0) is 6.42 Å². The zero-order valence-corrected chi connectivity index (χ0v) is 12.1. The Hall–Kier alpha value is -1.03. The average Bonchev–Trinajstić information content (AvgIpc) is 2.33. The highest BCUT2D eigenvalue weighted by Crippen LogP contribution is 2.34. The van der Waals surface area contributed by atoms with Gasteiger partial charge in [0.25, 0.3) is 0 Å². The van der Waals surface area contributed by atoms with Crippen LogP contribution >= 0.6 is 23.4 Å². The second-order valence-electron chi connectivity index (χ2n) is 4.46. The molecule has 1 nitrogen and oxygen atoms in total. The van der Waals surface area contributed by atoms with Crippen molar-refractivity contribution in [3.63, 3.8) is 0 Å². The first-order chi connectivity index (χ1) is 9.06. The Labute approximate surface area is 122 Å². The first kappa shape index (κ1) is 14.4. The summed E-state index contributed by atoms with van der Waals surface area (Å²) in [6.45, 7) is 1.94. The lowest BCUT2D eigenvalue weighted by molar-refractivity contribution is 0.624. The fourth-order valence-corrected chi connectivity index (χ4v) is 3.15. The lowest BCUT2D eigenvalue weighted by atomic mass is 10.1. The minimum Gasteiger partial charge on any atom is -0.328 e. The molecule has 2 N–H and O–H groups in total. The molecule has 1 unspecified atom stereocenters. The molecule has 2 aromatic rings. The number of halogens is 2. The average molecular weight is 296 g/mol. The molecule has 0 aliphatic rings. The van der Waals surface area contributed by atoms with Gasteiger partial charge in [0, 0.05) is 20.9 Å². The van der Waals surface area contributed by atoms with Crippen LogP contribution in [0.1, 0.15) is 12.5 Å². The number of rotatable bonds is 4. The number of nitrogens with two attached hydrogens (primary N) is 1. The smallest absolute Gasteiger partial charge is 0.124 e. The minimum absolute atomic E-state index is 0.0340. The van der Waals surface area contributed by atoms with Crippen LogP contribution in [0.2, 0.25) is 5.02 Å². The molecule has 2 rings (SSSR count). The number of hydrogen-bond donors (Lipinski definition) is 1. The summed E-state index contributed by atoms with van der Waals surface area (Å²) in [4.78, 5) is 1.88. The summed E-state index contributed by atoms with van der Waals surface area (Å²) in [5.41, 5.74) is 6.87. The molecule has 0 bridgehead atoms. The molecule has 0 radical (unpaired) electrons. The summed E-state index contributed by atoms with van der Waals surface area (Å²) in [6.07, 6.45) is 0.706. The third kappa shape index (κ3) is 3.96. The molecule has 0 spiro atoms. The van der Waals surface area contributed by atoms with Crippen LogP contribution in [0.5, 0.6) is 0 Å². The van der Waals surface area contributed by atoms with E-state index in [2.05, 4.69) is 0 Å². The topological polar surface area (TPSA) is 26.0 Å². The van der Waals surface area contributed by atoms with Gasteiger partial charge in [0.05, 0.1) is 0 Å². The largest absolute Gasteiger partial charge is 0.328 e. The number of hydrogen-bond acceptors (Lipinski definition) is 2. The molecule has 1 atom stereocenters. The van der Waals surface area contributed by atoms with E-state index in [0.717, 1.165) is 15.4 Å².